The molecule has 8 heteroatoms. The molecule has 6 atom stereocenters. The summed E-state index contributed by atoms with van der Waals surface area (Å²) in [6, 6.07) is 8.79. The summed E-state index contributed by atoms with van der Waals surface area (Å²) in [7, 11) is 0. The highest BCUT2D eigenvalue weighted by atomic mass is 19.4. The highest BCUT2D eigenvalue weighted by molar-refractivity contribution is 5.78. The van der Waals surface area contributed by atoms with Crippen molar-refractivity contribution in [3.63, 3.8) is 0 Å². The Kier molecular flexibility index (Phi) is 7.09. The molecule has 3 fully saturated rings. The number of pyridine rings is 1. The summed E-state index contributed by atoms with van der Waals surface area (Å²) in [6.45, 7) is 7.17. The van der Waals surface area contributed by atoms with Crippen LogP contribution in [0.15, 0.2) is 48.7 Å². The number of amides is 1. The van der Waals surface area contributed by atoms with Gasteiger partial charge in [-0.3, -0.25) is 14.6 Å². The van der Waals surface area contributed by atoms with Crippen molar-refractivity contribution in [3.8, 4) is 11.1 Å². The minimum atomic E-state index is -4.40. The van der Waals surface area contributed by atoms with Gasteiger partial charge in [0, 0.05) is 36.7 Å². The van der Waals surface area contributed by atoms with E-state index in [1.54, 1.807) is 24.4 Å². The van der Waals surface area contributed by atoms with Crippen LogP contribution in [0.1, 0.15) is 44.9 Å². The van der Waals surface area contributed by atoms with Gasteiger partial charge in [0.15, 0.2) is 0 Å². The number of fused-ring (bicyclic) bond motifs is 2. The first kappa shape index (κ1) is 26.4. The summed E-state index contributed by atoms with van der Waals surface area (Å²) < 4.78 is 45.0. The second kappa shape index (κ2) is 10.2. The quantitative estimate of drug-likeness (QED) is 0.452. The third kappa shape index (κ3) is 5.09. The van der Waals surface area contributed by atoms with Crippen LogP contribution < -0.4 is 0 Å². The lowest BCUT2D eigenvalue weighted by Gasteiger charge is -2.48. The molecule has 38 heavy (non-hydrogen) atoms. The molecule has 2 aromatic rings. The maximum atomic E-state index is 13.1. The minimum absolute atomic E-state index is 0.0555. The minimum Gasteiger partial charge on any atom is -0.462 e. The van der Waals surface area contributed by atoms with Crippen LogP contribution in [0.4, 0.5) is 13.2 Å². The van der Waals surface area contributed by atoms with Gasteiger partial charge < -0.3 is 9.64 Å². The van der Waals surface area contributed by atoms with E-state index >= 15 is 0 Å². The molecular formula is C30H33F3N2O3. The Hall–Kier alpha value is -3.16. The lowest BCUT2D eigenvalue weighted by molar-refractivity contribution is -0.145. The number of ether oxygens (including phenoxy) is 1. The second-order valence-electron chi connectivity index (χ2n) is 11.2. The number of hydrogen-bond donors (Lipinski definition) is 0. The van der Waals surface area contributed by atoms with E-state index in [1.165, 1.54) is 6.07 Å². The Morgan fingerprint density at radius 3 is 2.66 bits per heavy atom. The van der Waals surface area contributed by atoms with E-state index in [9.17, 15) is 22.8 Å². The molecule has 1 amide bonds. The number of aromatic nitrogens is 1. The van der Waals surface area contributed by atoms with Crippen LogP contribution in [0.5, 0.6) is 0 Å². The molecule has 1 aliphatic carbocycles. The first-order valence-corrected chi connectivity index (χ1v) is 13.3. The zero-order chi connectivity index (χ0) is 27.2. The number of cyclic esters (lactones) is 1. The van der Waals surface area contributed by atoms with Crippen LogP contribution in [0.25, 0.3) is 17.2 Å². The normalized spacial score (nSPS) is 29.3. The fourth-order valence-electron chi connectivity index (χ4n) is 6.68. The molecule has 1 aromatic carbocycles. The molecule has 2 aliphatic heterocycles. The predicted octanol–water partition coefficient (Wildman–Crippen LogP) is 6.10. The number of benzene rings is 1. The molecule has 3 heterocycles. The van der Waals surface area contributed by atoms with Crippen LogP contribution in [-0.4, -0.2) is 41.0 Å². The number of esters is 1. The Balaban J connectivity index is 1.37. The van der Waals surface area contributed by atoms with Gasteiger partial charge in [-0.2, -0.15) is 13.2 Å². The number of allylic oxidation sites excluding steroid dienone is 1. The first-order chi connectivity index (χ1) is 18.0. The van der Waals surface area contributed by atoms with Crippen molar-refractivity contribution >= 4 is 18.0 Å². The first-order valence-electron chi connectivity index (χ1n) is 13.3. The SMILES string of the molecule is CC(C)C(=O)N1CCC2C(CC3C(=O)O[C@H](C)C3C2/C=C/c2ccc(-c3cccc(C(F)(F)F)c3)cn2)C1. The van der Waals surface area contributed by atoms with Crippen LogP contribution in [0.2, 0.25) is 0 Å². The van der Waals surface area contributed by atoms with Crippen molar-refractivity contribution in [2.45, 2.75) is 45.9 Å². The van der Waals surface area contributed by atoms with Gasteiger partial charge in [0.2, 0.25) is 5.91 Å². The fourth-order valence-corrected chi connectivity index (χ4v) is 6.68. The zero-order valence-electron chi connectivity index (χ0n) is 21.8. The van der Waals surface area contributed by atoms with Gasteiger partial charge in [-0.1, -0.05) is 38.1 Å². The molecule has 3 aliphatic rings. The maximum absolute atomic E-state index is 13.1. The molecule has 5 rings (SSSR count). The molecule has 5 nitrogen and oxygen atoms in total. The second-order valence-corrected chi connectivity index (χ2v) is 11.2. The van der Waals surface area contributed by atoms with Gasteiger partial charge in [0.05, 0.1) is 17.2 Å². The number of likely N-dealkylation sites (tertiary alicyclic amines) is 1. The van der Waals surface area contributed by atoms with Crippen molar-refractivity contribution in [1.29, 1.82) is 0 Å². The van der Waals surface area contributed by atoms with Crippen molar-refractivity contribution < 1.29 is 27.5 Å². The van der Waals surface area contributed by atoms with E-state index in [1.807, 2.05) is 31.7 Å². The van der Waals surface area contributed by atoms with Crippen LogP contribution in [0, 0.1) is 35.5 Å². The predicted molar refractivity (Wildman–Crippen MR) is 137 cm³/mol. The molecule has 5 unspecified atom stereocenters. The van der Waals surface area contributed by atoms with E-state index in [-0.39, 0.29) is 47.6 Å². The summed E-state index contributed by atoms with van der Waals surface area (Å²) in [6.07, 6.45) is 2.72. The summed E-state index contributed by atoms with van der Waals surface area (Å²) in [5.41, 5.74) is 1.07. The van der Waals surface area contributed by atoms with Gasteiger partial charge >= 0.3 is 12.1 Å². The van der Waals surface area contributed by atoms with E-state index in [0.717, 1.165) is 25.0 Å². The average Bonchev–Trinajstić information content (AvgIpc) is 3.18. The number of halogens is 3. The summed E-state index contributed by atoms with van der Waals surface area (Å²) in [5.74, 6) is 0.547. The summed E-state index contributed by atoms with van der Waals surface area (Å²) in [4.78, 5) is 31.8. The Labute approximate surface area is 221 Å². The Bertz CT molecular complexity index is 1220. The molecule has 202 valence electrons. The van der Waals surface area contributed by atoms with Crippen LogP contribution in [-0.2, 0) is 20.5 Å². The van der Waals surface area contributed by atoms with Crippen LogP contribution in [0.3, 0.4) is 0 Å². The van der Waals surface area contributed by atoms with Gasteiger partial charge in [0.25, 0.3) is 0 Å². The number of alkyl halides is 3. The average molecular weight is 527 g/mol. The molecule has 1 saturated carbocycles. The number of nitrogens with zero attached hydrogens (tertiary/aromatic N) is 2. The van der Waals surface area contributed by atoms with Crippen molar-refractivity contribution in [3.05, 3.63) is 59.9 Å². The highest BCUT2D eigenvalue weighted by Crippen LogP contribution is 2.51. The van der Waals surface area contributed by atoms with Crippen LogP contribution >= 0.6 is 0 Å². The van der Waals surface area contributed by atoms with Crippen molar-refractivity contribution in [2.24, 2.45) is 35.5 Å². The van der Waals surface area contributed by atoms with Crippen molar-refractivity contribution in [1.82, 2.24) is 9.88 Å². The molecule has 0 bridgehead atoms. The number of piperidine rings is 1. The highest BCUT2D eigenvalue weighted by Gasteiger charge is 2.54. The van der Waals surface area contributed by atoms with E-state index in [0.29, 0.717) is 35.8 Å². The number of hydrogen-bond acceptors (Lipinski definition) is 4. The topological polar surface area (TPSA) is 59.5 Å². The van der Waals surface area contributed by atoms with E-state index < -0.39 is 11.7 Å². The monoisotopic (exact) mass is 526 g/mol. The number of rotatable bonds is 4. The third-order valence-electron chi connectivity index (χ3n) is 8.50. The largest absolute Gasteiger partial charge is 0.462 e. The maximum Gasteiger partial charge on any atom is 0.416 e. The third-order valence-corrected chi connectivity index (χ3v) is 8.50. The lowest BCUT2D eigenvalue weighted by atomic mass is 9.59. The summed E-state index contributed by atoms with van der Waals surface area (Å²) >= 11 is 0. The fraction of sp³-hybridized carbons (Fsp3) is 0.500. The van der Waals surface area contributed by atoms with Gasteiger partial charge in [0.1, 0.15) is 6.10 Å². The standard InChI is InChI=1S/C30H33F3N2O3/c1-17(2)28(36)35-12-11-24-21(16-35)14-26-27(18(3)38-29(26)37)25(24)10-9-23-8-7-20(15-34-23)19-5-4-6-22(13-19)30(31,32)33/h4-10,13,15,17-18,21,24-27H,11-12,14,16H2,1-3H3/b10-9+/t18-,21?,24?,25?,26?,27?/m1/s1. The zero-order valence-corrected chi connectivity index (χ0v) is 21.8. The molecule has 0 spiro atoms. The van der Waals surface area contributed by atoms with E-state index in [2.05, 4.69) is 11.1 Å². The van der Waals surface area contributed by atoms with E-state index in [4.69, 9.17) is 4.74 Å². The number of carbonyl (C=O) groups is 2. The Morgan fingerprint density at radius 2 is 1.97 bits per heavy atom. The van der Waals surface area contributed by atoms with Gasteiger partial charge in [-0.25, -0.2) is 0 Å². The smallest absolute Gasteiger partial charge is 0.416 e. The molecule has 0 radical (unpaired) electrons. The molecule has 0 N–H and O–H groups in total. The van der Waals surface area contributed by atoms with Gasteiger partial charge in [-0.05, 0) is 67.4 Å². The lowest BCUT2D eigenvalue weighted by Crippen LogP contribution is -2.52. The van der Waals surface area contributed by atoms with Gasteiger partial charge in [-0.15, -0.1) is 0 Å². The molecular weight excluding hydrogens is 493 g/mol. The summed E-state index contributed by atoms with van der Waals surface area (Å²) in [5, 5.41) is 0. The molecule has 2 saturated heterocycles. The molecule has 1 aromatic heterocycles. The Morgan fingerprint density at radius 1 is 1.18 bits per heavy atom. The number of carbonyl (C=O) groups excluding carboxylic acids is 2. The van der Waals surface area contributed by atoms with Crippen molar-refractivity contribution in [2.75, 3.05) is 13.1 Å².